The number of ketones is 1. The fourth-order valence-electron chi connectivity index (χ4n) is 3.87. The molecular formula is C22H30NO9P. The Balaban J connectivity index is 1.70. The topological polar surface area (TPSA) is 118 Å². The van der Waals surface area contributed by atoms with Gasteiger partial charge in [-0.25, -0.2) is 4.57 Å². The van der Waals surface area contributed by atoms with Crippen LogP contribution in [-0.2, 0) is 42.0 Å². The van der Waals surface area contributed by atoms with E-state index in [4.69, 9.17) is 29.5 Å². The number of carbonyl (C=O) groups excluding carboxylic acids is 3. The van der Waals surface area contributed by atoms with Crippen LogP contribution in [0.15, 0.2) is 12.3 Å². The van der Waals surface area contributed by atoms with Crippen molar-refractivity contribution in [2.45, 2.75) is 72.0 Å². The zero-order valence-corrected chi connectivity index (χ0v) is 20.3. The molecule has 0 saturated carbocycles. The number of amides is 1. The molecule has 3 heterocycles. The lowest BCUT2D eigenvalue weighted by Gasteiger charge is -2.38. The van der Waals surface area contributed by atoms with Crippen molar-refractivity contribution in [3.05, 3.63) is 12.3 Å². The summed E-state index contributed by atoms with van der Waals surface area (Å²) < 4.78 is 41.0. The standard InChI is InChI=1S/C22H30NO9P/c1-7-22(6)19-16(31-20(22)23-9-8-15(24)10-17(23)25)12-28-33(27,32-19)29-13-21(4,5)11-18(26)30-14(2)3/h1,8-9,14,16,19-20H,10-13H2,2-6H3/t16-,19-,20-,22-,33+/m1/s1. The molecule has 5 atom stereocenters. The molecule has 0 aromatic rings. The third kappa shape index (κ3) is 5.56. The molecule has 0 unspecified atom stereocenters. The van der Waals surface area contributed by atoms with Gasteiger partial charge in [-0.3, -0.25) is 32.9 Å². The maximum atomic E-state index is 13.2. The molecule has 0 bridgehead atoms. The average molecular weight is 483 g/mol. The van der Waals surface area contributed by atoms with Gasteiger partial charge in [0.05, 0.1) is 32.2 Å². The smallest absolute Gasteiger partial charge is 0.463 e. The van der Waals surface area contributed by atoms with Crippen LogP contribution in [0.3, 0.4) is 0 Å². The molecule has 3 aliphatic rings. The van der Waals surface area contributed by atoms with Crippen LogP contribution in [0.25, 0.3) is 0 Å². The average Bonchev–Trinajstić information content (AvgIpc) is 2.98. The normalized spacial score (nSPS) is 34.3. The van der Waals surface area contributed by atoms with Crippen molar-refractivity contribution >= 4 is 25.5 Å². The Morgan fingerprint density at radius 1 is 1.42 bits per heavy atom. The second-order valence-corrected chi connectivity index (χ2v) is 11.3. The summed E-state index contributed by atoms with van der Waals surface area (Å²) in [5.74, 6) is 1.45. The zero-order chi connectivity index (χ0) is 24.6. The van der Waals surface area contributed by atoms with Crippen molar-refractivity contribution in [3.8, 4) is 12.3 Å². The first-order valence-corrected chi connectivity index (χ1v) is 12.2. The minimum absolute atomic E-state index is 0.0482. The van der Waals surface area contributed by atoms with Crippen molar-refractivity contribution < 1.29 is 42.0 Å². The van der Waals surface area contributed by atoms with E-state index in [1.165, 1.54) is 17.2 Å². The lowest BCUT2D eigenvalue weighted by molar-refractivity contribution is -0.150. The Bertz CT molecular complexity index is 937. The van der Waals surface area contributed by atoms with Crippen molar-refractivity contribution in [1.29, 1.82) is 0 Å². The summed E-state index contributed by atoms with van der Waals surface area (Å²) in [6.45, 7) is 8.47. The van der Waals surface area contributed by atoms with E-state index < -0.39 is 49.0 Å². The number of allylic oxidation sites excluding steroid dienone is 1. The Hall–Kier alpha value is -2.02. The molecule has 182 valence electrons. The molecule has 10 nitrogen and oxygen atoms in total. The first-order valence-electron chi connectivity index (χ1n) is 10.7. The molecule has 0 aliphatic carbocycles. The summed E-state index contributed by atoms with van der Waals surface area (Å²) in [5, 5.41) is 0. The van der Waals surface area contributed by atoms with Crippen LogP contribution in [0.1, 0.15) is 47.5 Å². The van der Waals surface area contributed by atoms with Gasteiger partial charge in [0.2, 0.25) is 5.91 Å². The van der Waals surface area contributed by atoms with Crippen molar-refractivity contribution in [2.24, 2.45) is 10.8 Å². The first kappa shape index (κ1) is 25.6. The number of phosphoric ester groups is 1. The maximum absolute atomic E-state index is 13.2. The third-order valence-corrected chi connectivity index (χ3v) is 6.98. The van der Waals surface area contributed by atoms with Crippen LogP contribution < -0.4 is 0 Å². The molecule has 1 amide bonds. The number of nitrogens with zero attached hydrogens (tertiary/aromatic N) is 1. The maximum Gasteiger partial charge on any atom is 0.475 e. The Labute approximate surface area is 193 Å². The van der Waals surface area contributed by atoms with Crippen molar-refractivity contribution in [1.82, 2.24) is 4.90 Å². The number of carbonyl (C=O) groups is 3. The van der Waals surface area contributed by atoms with E-state index in [1.807, 2.05) is 0 Å². The van der Waals surface area contributed by atoms with Gasteiger partial charge in [-0.05, 0) is 32.3 Å². The summed E-state index contributed by atoms with van der Waals surface area (Å²) in [6, 6.07) is 0. The van der Waals surface area contributed by atoms with E-state index in [0.29, 0.717) is 0 Å². The molecule has 0 aromatic heterocycles. The highest BCUT2D eigenvalue weighted by Crippen LogP contribution is 2.60. The molecule has 11 heteroatoms. The van der Waals surface area contributed by atoms with Gasteiger partial charge in [0, 0.05) is 6.20 Å². The molecule has 3 rings (SSSR count). The van der Waals surface area contributed by atoms with Gasteiger partial charge in [0.1, 0.15) is 17.6 Å². The number of ether oxygens (including phenoxy) is 2. The molecule has 0 aromatic carbocycles. The molecule has 3 aliphatic heterocycles. The summed E-state index contributed by atoms with van der Waals surface area (Å²) in [5.41, 5.74) is -1.89. The van der Waals surface area contributed by atoms with Gasteiger partial charge in [-0.2, -0.15) is 0 Å². The summed E-state index contributed by atoms with van der Waals surface area (Å²) in [4.78, 5) is 37.2. The first-order chi connectivity index (χ1) is 15.3. The van der Waals surface area contributed by atoms with E-state index in [2.05, 4.69) is 5.92 Å². The number of hydrogen-bond donors (Lipinski definition) is 0. The third-order valence-electron chi connectivity index (χ3n) is 5.59. The molecule has 0 N–H and O–H groups in total. The van der Waals surface area contributed by atoms with E-state index in [-0.39, 0.29) is 37.9 Å². The molecule has 0 spiro atoms. The van der Waals surface area contributed by atoms with E-state index in [9.17, 15) is 18.9 Å². The van der Waals surface area contributed by atoms with Crippen LogP contribution in [0.5, 0.6) is 0 Å². The summed E-state index contributed by atoms with van der Waals surface area (Å²) >= 11 is 0. The van der Waals surface area contributed by atoms with Crippen molar-refractivity contribution in [2.75, 3.05) is 13.2 Å². The van der Waals surface area contributed by atoms with Crippen LogP contribution in [-0.4, -0.2) is 60.3 Å². The lowest BCUT2D eigenvalue weighted by atomic mass is 9.82. The van der Waals surface area contributed by atoms with Crippen LogP contribution in [0.4, 0.5) is 0 Å². The minimum atomic E-state index is -4.04. The summed E-state index contributed by atoms with van der Waals surface area (Å²) in [6.07, 6.45) is 5.41. The number of hydrogen-bond acceptors (Lipinski definition) is 9. The second kappa shape index (κ2) is 9.32. The Morgan fingerprint density at radius 2 is 2.12 bits per heavy atom. The minimum Gasteiger partial charge on any atom is -0.463 e. The molecule has 2 fully saturated rings. The molecule has 2 saturated heterocycles. The fraction of sp³-hybridized carbons (Fsp3) is 0.682. The van der Waals surface area contributed by atoms with Crippen LogP contribution >= 0.6 is 7.82 Å². The van der Waals surface area contributed by atoms with E-state index in [0.717, 1.165) is 0 Å². The molecule has 0 radical (unpaired) electrons. The Kier molecular flexibility index (Phi) is 7.23. The predicted molar refractivity (Wildman–Crippen MR) is 115 cm³/mol. The van der Waals surface area contributed by atoms with E-state index in [1.54, 1.807) is 34.6 Å². The lowest BCUT2D eigenvalue weighted by Crippen LogP contribution is -2.49. The van der Waals surface area contributed by atoms with Gasteiger partial charge < -0.3 is 9.47 Å². The largest absolute Gasteiger partial charge is 0.475 e. The van der Waals surface area contributed by atoms with Crippen molar-refractivity contribution in [3.63, 3.8) is 0 Å². The van der Waals surface area contributed by atoms with Gasteiger partial charge >= 0.3 is 13.8 Å². The van der Waals surface area contributed by atoms with Crippen LogP contribution in [0, 0.1) is 23.2 Å². The number of rotatable bonds is 7. The summed E-state index contributed by atoms with van der Waals surface area (Å²) in [7, 11) is -4.04. The quantitative estimate of drug-likeness (QED) is 0.233. The Morgan fingerprint density at radius 3 is 2.73 bits per heavy atom. The monoisotopic (exact) mass is 483 g/mol. The van der Waals surface area contributed by atoms with E-state index >= 15 is 0 Å². The number of fused-ring (bicyclic) bond motifs is 1. The van der Waals surface area contributed by atoms with Gasteiger partial charge in [-0.15, -0.1) is 6.42 Å². The number of terminal acetylenes is 1. The number of phosphoric acid groups is 1. The van der Waals surface area contributed by atoms with Crippen LogP contribution in [0.2, 0.25) is 0 Å². The highest BCUT2D eigenvalue weighted by atomic mass is 31.2. The van der Waals surface area contributed by atoms with Gasteiger partial charge in [0.25, 0.3) is 0 Å². The predicted octanol–water partition coefficient (Wildman–Crippen LogP) is 2.57. The fourth-order valence-corrected chi connectivity index (χ4v) is 5.54. The molecule has 33 heavy (non-hydrogen) atoms. The highest BCUT2D eigenvalue weighted by Gasteiger charge is 2.61. The zero-order valence-electron chi connectivity index (χ0n) is 19.4. The highest BCUT2D eigenvalue weighted by molar-refractivity contribution is 7.48. The second-order valence-electron chi connectivity index (χ2n) is 9.64. The van der Waals surface area contributed by atoms with Gasteiger partial charge in [0.15, 0.2) is 12.0 Å². The SMILES string of the molecule is C#C[C@]1(C)[C@@H]2O[P@](=O)(OCC(C)(C)CC(=O)OC(C)C)OC[C@H]2O[C@H]1N1C=CC(=O)CC1=O. The van der Waals surface area contributed by atoms with Gasteiger partial charge in [-0.1, -0.05) is 19.8 Å². The molecular weight excluding hydrogens is 453 g/mol. The number of esters is 1.